The maximum atomic E-state index is 11.9. The largest absolute Gasteiger partial charge is 0.480 e. The van der Waals surface area contributed by atoms with Crippen molar-refractivity contribution in [2.75, 3.05) is 0 Å². The van der Waals surface area contributed by atoms with E-state index in [0.29, 0.717) is 0 Å². The van der Waals surface area contributed by atoms with E-state index in [2.05, 4.69) is 5.32 Å². The Morgan fingerprint density at radius 2 is 1.76 bits per heavy atom. The average molecular weight is 235 g/mol. The Hall–Kier alpha value is -1.84. The lowest BCUT2D eigenvalue weighted by Gasteiger charge is -2.23. The third-order valence-electron chi connectivity index (χ3n) is 2.66. The molecule has 4 nitrogen and oxygen atoms in total. The van der Waals surface area contributed by atoms with Gasteiger partial charge in [-0.05, 0) is 26.3 Å². The second kappa shape index (κ2) is 4.99. The minimum atomic E-state index is -1.25. The Morgan fingerprint density at radius 1 is 1.24 bits per heavy atom. The van der Waals surface area contributed by atoms with Crippen LogP contribution in [0.25, 0.3) is 0 Å². The lowest BCUT2D eigenvalue weighted by Crippen LogP contribution is -2.50. The lowest BCUT2D eigenvalue weighted by atomic mass is 9.98. The molecule has 0 aliphatic carbocycles. The summed E-state index contributed by atoms with van der Waals surface area (Å²) in [7, 11) is 0. The fourth-order valence-electron chi connectivity index (χ4n) is 1.36. The number of nitrogens with one attached hydrogen (secondary N) is 1. The van der Waals surface area contributed by atoms with Crippen LogP contribution >= 0.6 is 0 Å². The van der Waals surface area contributed by atoms with Crippen molar-refractivity contribution in [3.63, 3.8) is 0 Å². The summed E-state index contributed by atoms with van der Waals surface area (Å²) in [6, 6.07) is 9.26. The Morgan fingerprint density at radius 3 is 2.24 bits per heavy atom. The van der Waals surface area contributed by atoms with Crippen molar-refractivity contribution in [2.45, 2.75) is 32.2 Å². The maximum absolute atomic E-state index is 11.9. The highest BCUT2D eigenvalue weighted by Crippen LogP contribution is 2.16. The molecule has 0 aromatic heterocycles. The van der Waals surface area contributed by atoms with Gasteiger partial charge < -0.3 is 10.4 Å². The van der Waals surface area contributed by atoms with Crippen LogP contribution in [0.5, 0.6) is 0 Å². The summed E-state index contributed by atoms with van der Waals surface area (Å²) in [4.78, 5) is 22.8. The van der Waals surface area contributed by atoms with Crippen LogP contribution < -0.4 is 5.32 Å². The SMILES string of the molecule is C[C@H](C(=O)NC(C)(C)C(=O)O)c1ccccc1. The van der Waals surface area contributed by atoms with Gasteiger partial charge >= 0.3 is 5.97 Å². The molecule has 2 N–H and O–H groups in total. The number of benzene rings is 1. The molecule has 0 aliphatic heterocycles. The minimum Gasteiger partial charge on any atom is -0.480 e. The number of carboxylic acids is 1. The molecule has 0 unspecified atom stereocenters. The first-order chi connectivity index (χ1) is 7.84. The summed E-state index contributed by atoms with van der Waals surface area (Å²) >= 11 is 0. The molecule has 0 radical (unpaired) electrons. The van der Waals surface area contributed by atoms with Gasteiger partial charge in [0.2, 0.25) is 5.91 Å². The molecule has 0 spiro atoms. The van der Waals surface area contributed by atoms with Crippen LogP contribution in [0.1, 0.15) is 32.3 Å². The molecule has 1 aromatic carbocycles. The summed E-state index contributed by atoms with van der Waals surface area (Å²) in [5.74, 6) is -1.70. The van der Waals surface area contributed by atoms with Gasteiger partial charge in [0.1, 0.15) is 5.54 Å². The summed E-state index contributed by atoms with van der Waals surface area (Å²) < 4.78 is 0. The molecule has 0 heterocycles. The highest BCUT2D eigenvalue weighted by molar-refractivity contribution is 5.89. The molecular weight excluding hydrogens is 218 g/mol. The van der Waals surface area contributed by atoms with E-state index in [1.807, 2.05) is 30.3 Å². The van der Waals surface area contributed by atoms with Crippen LogP contribution in [0.2, 0.25) is 0 Å². The van der Waals surface area contributed by atoms with E-state index in [1.165, 1.54) is 13.8 Å². The van der Waals surface area contributed by atoms with Crippen molar-refractivity contribution in [1.82, 2.24) is 5.32 Å². The van der Waals surface area contributed by atoms with Gasteiger partial charge in [0.05, 0.1) is 5.92 Å². The molecule has 0 fully saturated rings. The quantitative estimate of drug-likeness (QED) is 0.835. The van der Waals surface area contributed by atoms with E-state index in [9.17, 15) is 9.59 Å². The zero-order valence-electron chi connectivity index (χ0n) is 10.2. The highest BCUT2D eigenvalue weighted by atomic mass is 16.4. The van der Waals surface area contributed by atoms with Crippen molar-refractivity contribution >= 4 is 11.9 Å². The van der Waals surface area contributed by atoms with Crippen molar-refractivity contribution in [2.24, 2.45) is 0 Å². The molecule has 92 valence electrons. The van der Waals surface area contributed by atoms with Gasteiger partial charge in [0.25, 0.3) is 0 Å². The van der Waals surface area contributed by atoms with Crippen molar-refractivity contribution in [3.8, 4) is 0 Å². The Labute approximate surface area is 101 Å². The highest BCUT2D eigenvalue weighted by Gasteiger charge is 2.30. The summed E-state index contributed by atoms with van der Waals surface area (Å²) in [6.07, 6.45) is 0. The molecule has 0 aliphatic rings. The van der Waals surface area contributed by atoms with Crippen LogP contribution in [0.4, 0.5) is 0 Å². The number of carboxylic acid groups (broad SMARTS) is 1. The Kier molecular flexibility index (Phi) is 3.89. The van der Waals surface area contributed by atoms with Crippen LogP contribution in [-0.2, 0) is 9.59 Å². The van der Waals surface area contributed by atoms with E-state index in [4.69, 9.17) is 5.11 Å². The first-order valence-electron chi connectivity index (χ1n) is 5.45. The molecule has 4 heteroatoms. The van der Waals surface area contributed by atoms with E-state index in [1.54, 1.807) is 6.92 Å². The van der Waals surface area contributed by atoms with Gasteiger partial charge in [-0.15, -0.1) is 0 Å². The number of carbonyl (C=O) groups is 2. The Balaban J connectivity index is 2.75. The molecular formula is C13H17NO3. The molecule has 1 rings (SSSR count). The van der Waals surface area contributed by atoms with Crippen LogP contribution in [0.15, 0.2) is 30.3 Å². The maximum Gasteiger partial charge on any atom is 0.328 e. The fraction of sp³-hybridized carbons (Fsp3) is 0.385. The second-order valence-electron chi connectivity index (χ2n) is 4.55. The standard InChI is InChI=1S/C13H17NO3/c1-9(10-7-5-4-6-8-10)11(15)14-13(2,3)12(16)17/h4-9H,1-3H3,(H,14,15)(H,16,17)/t9-/m0/s1. The first-order valence-corrected chi connectivity index (χ1v) is 5.45. The minimum absolute atomic E-state index is 0.288. The third kappa shape index (κ3) is 3.31. The van der Waals surface area contributed by atoms with Gasteiger partial charge in [0.15, 0.2) is 0 Å². The third-order valence-corrected chi connectivity index (χ3v) is 2.66. The van der Waals surface area contributed by atoms with E-state index in [0.717, 1.165) is 5.56 Å². The smallest absolute Gasteiger partial charge is 0.328 e. The molecule has 1 amide bonds. The molecule has 17 heavy (non-hydrogen) atoms. The predicted octanol–water partition coefficient (Wildman–Crippen LogP) is 1.77. The summed E-state index contributed by atoms with van der Waals surface area (Å²) in [5, 5.41) is 11.4. The van der Waals surface area contributed by atoms with Gasteiger partial charge in [-0.1, -0.05) is 30.3 Å². The fourth-order valence-corrected chi connectivity index (χ4v) is 1.36. The lowest BCUT2D eigenvalue weighted by molar-refractivity contribution is -0.146. The number of amides is 1. The van der Waals surface area contributed by atoms with Crippen molar-refractivity contribution in [3.05, 3.63) is 35.9 Å². The first kappa shape index (κ1) is 13.2. The molecule has 1 atom stereocenters. The van der Waals surface area contributed by atoms with Crippen LogP contribution in [-0.4, -0.2) is 22.5 Å². The number of carbonyl (C=O) groups excluding carboxylic acids is 1. The van der Waals surface area contributed by atoms with Crippen molar-refractivity contribution in [1.29, 1.82) is 0 Å². The summed E-state index contributed by atoms with van der Waals surface area (Å²) in [6.45, 7) is 4.68. The van der Waals surface area contributed by atoms with Gasteiger partial charge in [-0.2, -0.15) is 0 Å². The van der Waals surface area contributed by atoms with Crippen molar-refractivity contribution < 1.29 is 14.7 Å². The van der Waals surface area contributed by atoms with Crippen LogP contribution in [0.3, 0.4) is 0 Å². The van der Waals surface area contributed by atoms with Gasteiger partial charge in [-0.25, -0.2) is 4.79 Å². The molecule has 1 aromatic rings. The predicted molar refractivity (Wildman–Crippen MR) is 64.7 cm³/mol. The zero-order valence-corrected chi connectivity index (χ0v) is 10.2. The zero-order chi connectivity index (χ0) is 13.1. The molecule has 0 bridgehead atoms. The van der Waals surface area contributed by atoms with Crippen LogP contribution in [0, 0.1) is 0 Å². The number of rotatable bonds is 4. The van der Waals surface area contributed by atoms with E-state index < -0.39 is 11.5 Å². The number of hydrogen-bond donors (Lipinski definition) is 2. The van der Waals surface area contributed by atoms with Gasteiger partial charge in [-0.3, -0.25) is 4.79 Å². The average Bonchev–Trinajstić information content (AvgIpc) is 2.28. The number of aliphatic carboxylic acids is 1. The topological polar surface area (TPSA) is 66.4 Å². The summed E-state index contributed by atoms with van der Waals surface area (Å²) in [5.41, 5.74) is -0.383. The second-order valence-corrected chi connectivity index (χ2v) is 4.55. The number of hydrogen-bond acceptors (Lipinski definition) is 2. The molecule has 0 saturated carbocycles. The Bertz CT molecular complexity index is 412. The normalized spacial score (nSPS) is 12.9. The van der Waals surface area contributed by atoms with E-state index >= 15 is 0 Å². The van der Waals surface area contributed by atoms with Gasteiger partial charge in [0, 0.05) is 0 Å². The van der Waals surface area contributed by atoms with E-state index in [-0.39, 0.29) is 11.8 Å². The monoisotopic (exact) mass is 235 g/mol. The molecule has 0 saturated heterocycles.